The van der Waals surface area contributed by atoms with Gasteiger partial charge in [0.25, 0.3) is 5.56 Å². The second-order valence-electron chi connectivity index (χ2n) is 6.21. The molecule has 0 fully saturated rings. The smallest absolute Gasteiger partial charge is 0.292 e. The minimum absolute atomic E-state index is 0.0665. The molecule has 1 amide bonds. The molecule has 0 spiro atoms. The number of anilines is 1. The molecule has 3 aromatic heterocycles. The Morgan fingerprint density at radius 3 is 2.66 bits per heavy atom. The third-order valence-corrected chi connectivity index (χ3v) is 4.39. The lowest BCUT2D eigenvalue weighted by Crippen LogP contribution is -2.41. The Hall–Kier alpha value is -4.08. The molecule has 0 bridgehead atoms. The SMILES string of the molecule is CCn1c(=O)c2ccccc2n(CC(=O)Nc2n[nH]c(-c3ccccn3)n2)c1=O. The standard InChI is InChI=1S/C19H17N7O3/c1-2-25-17(28)12-7-3-4-9-14(12)26(19(25)29)11-15(27)21-18-22-16(23-24-18)13-8-5-6-10-20-13/h3-10H,2,11H2,1H3,(H2,21,22,23,24,27). The molecule has 4 rings (SSSR count). The van der Waals surface area contributed by atoms with Gasteiger partial charge in [0.05, 0.1) is 10.9 Å². The van der Waals surface area contributed by atoms with Gasteiger partial charge in [-0.1, -0.05) is 18.2 Å². The van der Waals surface area contributed by atoms with Gasteiger partial charge in [0.15, 0.2) is 5.82 Å². The normalized spacial score (nSPS) is 10.9. The van der Waals surface area contributed by atoms with Crippen LogP contribution in [0.1, 0.15) is 6.92 Å². The van der Waals surface area contributed by atoms with Crippen LogP contribution in [0.2, 0.25) is 0 Å². The van der Waals surface area contributed by atoms with Crippen molar-refractivity contribution in [3.8, 4) is 11.5 Å². The molecule has 0 aliphatic carbocycles. The Labute approximate surface area is 163 Å². The number of rotatable bonds is 5. The zero-order valence-corrected chi connectivity index (χ0v) is 15.5. The molecular weight excluding hydrogens is 374 g/mol. The van der Waals surface area contributed by atoms with Gasteiger partial charge in [0.2, 0.25) is 11.9 Å². The van der Waals surface area contributed by atoms with Gasteiger partial charge >= 0.3 is 5.69 Å². The maximum Gasteiger partial charge on any atom is 0.331 e. The number of carbonyl (C=O) groups excluding carboxylic acids is 1. The molecule has 4 aromatic rings. The Kier molecular flexibility index (Phi) is 4.73. The van der Waals surface area contributed by atoms with E-state index < -0.39 is 11.6 Å². The number of benzene rings is 1. The van der Waals surface area contributed by atoms with Gasteiger partial charge < -0.3 is 0 Å². The molecule has 0 atom stereocenters. The Morgan fingerprint density at radius 1 is 1.10 bits per heavy atom. The van der Waals surface area contributed by atoms with Gasteiger partial charge in [-0.05, 0) is 31.2 Å². The van der Waals surface area contributed by atoms with E-state index in [4.69, 9.17) is 0 Å². The van der Waals surface area contributed by atoms with Crippen molar-refractivity contribution in [2.75, 3.05) is 5.32 Å². The maximum absolute atomic E-state index is 12.7. The number of amides is 1. The zero-order chi connectivity index (χ0) is 20.4. The van der Waals surface area contributed by atoms with Crippen LogP contribution in [-0.4, -0.2) is 35.2 Å². The number of aromatic nitrogens is 6. The number of H-pyrrole nitrogens is 1. The lowest BCUT2D eigenvalue weighted by Gasteiger charge is -2.12. The number of para-hydroxylation sites is 1. The van der Waals surface area contributed by atoms with Crippen molar-refractivity contribution in [1.82, 2.24) is 29.3 Å². The zero-order valence-electron chi connectivity index (χ0n) is 15.5. The number of nitrogens with one attached hydrogen (secondary N) is 2. The average Bonchev–Trinajstić information content (AvgIpc) is 3.20. The summed E-state index contributed by atoms with van der Waals surface area (Å²) in [5, 5.41) is 9.59. The number of hydrogen-bond acceptors (Lipinski definition) is 6. The van der Waals surface area contributed by atoms with Crippen LogP contribution in [0.3, 0.4) is 0 Å². The van der Waals surface area contributed by atoms with E-state index in [0.29, 0.717) is 22.4 Å². The van der Waals surface area contributed by atoms with Gasteiger partial charge in [0, 0.05) is 12.7 Å². The van der Waals surface area contributed by atoms with E-state index in [1.807, 2.05) is 6.07 Å². The minimum atomic E-state index is -0.546. The quantitative estimate of drug-likeness (QED) is 0.522. The van der Waals surface area contributed by atoms with Crippen molar-refractivity contribution in [1.29, 1.82) is 0 Å². The van der Waals surface area contributed by atoms with Crippen LogP contribution in [0.25, 0.3) is 22.4 Å². The molecule has 29 heavy (non-hydrogen) atoms. The first-order valence-electron chi connectivity index (χ1n) is 8.94. The summed E-state index contributed by atoms with van der Waals surface area (Å²) in [6.45, 7) is 1.63. The molecule has 2 N–H and O–H groups in total. The highest BCUT2D eigenvalue weighted by Gasteiger charge is 2.16. The number of pyridine rings is 1. The van der Waals surface area contributed by atoms with Gasteiger partial charge in [0.1, 0.15) is 12.2 Å². The summed E-state index contributed by atoms with van der Waals surface area (Å²) in [6.07, 6.45) is 1.62. The van der Waals surface area contributed by atoms with Crippen molar-refractivity contribution in [3.63, 3.8) is 0 Å². The van der Waals surface area contributed by atoms with E-state index in [2.05, 4.69) is 25.5 Å². The molecule has 0 unspecified atom stereocenters. The second-order valence-corrected chi connectivity index (χ2v) is 6.21. The van der Waals surface area contributed by atoms with Gasteiger partial charge in [-0.2, -0.15) is 4.98 Å². The lowest BCUT2D eigenvalue weighted by molar-refractivity contribution is -0.116. The molecule has 0 saturated heterocycles. The second kappa shape index (κ2) is 7.50. The van der Waals surface area contributed by atoms with Crippen molar-refractivity contribution in [2.24, 2.45) is 0 Å². The summed E-state index contributed by atoms with van der Waals surface area (Å²) in [7, 11) is 0. The summed E-state index contributed by atoms with van der Waals surface area (Å²) in [6, 6.07) is 12.0. The minimum Gasteiger partial charge on any atom is -0.292 e. The maximum atomic E-state index is 12.7. The highest BCUT2D eigenvalue weighted by atomic mass is 16.2. The molecule has 146 valence electrons. The molecule has 0 aliphatic heterocycles. The average molecular weight is 391 g/mol. The predicted molar refractivity (Wildman–Crippen MR) is 106 cm³/mol. The van der Waals surface area contributed by atoms with Crippen molar-refractivity contribution in [2.45, 2.75) is 20.0 Å². The molecular formula is C19H17N7O3. The van der Waals surface area contributed by atoms with Crippen LogP contribution in [0, 0.1) is 0 Å². The van der Waals surface area contributed by atoms with E-state index in [0.717, 1.165) is 4.57 Å². The molecule has 10 nitrogen and oxygen atoms in total. The van der Waals surface area contributed by atoms with E-state index in [1.54, 1.807) is 49.5 Å². The molecule has 0 aliphatic rings. The predicted octanol–water partition coefficient (Wildman–Crippen LogP) is 1.00. The first kappa shape index (κ1) is 18.3. The number of aromatic amines is 1. The third-order valence-electron chi connectivity index (χ3n) is 4.39. The highest BCUT2D eigenvalue weighted by Crippen LogP contribution is 2.12. The molecule has 0 saturated carbocycles. The first-order chi connectivity index (χ1) is 14.1. The Morgan fingerprint density at radius 2 is 1.90 bits per heavy atom. The summed E-state index contributed by atoms with van der Waals surface area (Å²) in [5.74, 6) is -0.0232. The van der Waals surface area contributed by atoms with Crippen molar-refractivity contribution in [3.05, 3.63) is 69.5 Å². The fraction of sp³-hybridized carbons (Fsp3) is 0.158. The third kappa shape index (κ3) is 3.43. The molecule has 10 heteroatoms. The number of fused-ring (bicyclic) bond motifs is 1. The van der Waals surface area contributed by atoms with Crippen molar-refractivity contribution < 1.29 is 4.79 Å². The van der Waals surface area contributed by atoms with E-state index in [9.17, 15) is 14.4 Å². The first-order valence-corrected chi connectivity index (χ1v) is 8.94. The van der Waals surface area contributed by atoms with E-state index in [1.165, 1.54) is 4.57 Å². The fourth-order valence-corrected chi connectivity index (χ4v) is 3.05. The number of carbonyl (C=O) groups is 1. The Balaban J connectivity index is 1.63. The lowest BCUT2D eigenvalue weighted by atomic mass is 10.2. The highest BCUT2D eigenvalue weighted by molar-refractivity contribution is 5.90. The summed E-state index contributed by atoms with van der Waals surface area (Å²) < 4.78 is 2.36. The van der Waals surface area contributed by atoms with Crippen LogP contribution in [0.15, 0.2) is 58.3 Å². The molecule has 1 aromatic carbocycles. The number of nitrogens with zero attached hydrogens (tertiary/aromatic N) is 5. The Bertz CT molecular complexity index is 1300. The fourth-order valence-electron chi connectivity index (χ4n) is 3.05. The van der Waals surface area contributed by atoms with Crippen LogP contribution < -0.4 is 16.6 Å². The number of hydrogen-bond donors (Lipinski definition) is 2. The van der Waals surface area contributed by atoms with Crippen LogP contribution >= 0.6 is 0 Å². The monoisotopic (exact) mass is 391 g/mol. The van der Waals surface area contributed by atoms with E-state index >= 15 is 0 Å². The summed E-state index contributed by atoms with van der Waals surface area (Å²) >= 11 is 0. The summed E-state index contributed by atoms with van der Waals surface area (Å²) in [4.78, 5) is 46.1. The topological polar surface area (TPSA) is 128 Å². The molecule has 3 heterocycles. The molecule has 0 radical (unpaired) electrons. The van der Waals surface area contributed by atoms with Gasteiger partial charge in [-0.15, -0.1) is 5.10 Å². The summed E-state index contributed by atoms with van der Waals surface area (Å²) in [5.41, 5.74) is 0.0542. The van der Waals surface area contributed by atoms with Crippen molar-refractivity contribution >= 4 is 22.8 Å². The van der Waals surface area contributed by atoms with E-state index in [-0.39, 0.29) is 24.6 Å². The van der Waals surface area contributed by atoms with Gasteiger partial charge in [-0.3, -0.25) is 34.1 Å². The largest absolute Gasteiger partial charge is 0.331 e. The van der Waals surface area contributed by atoms with Crippen LogP contribution in [0.5, 0.6) is 0 Å². The van der Waals surface area contributed by atoms with Gasteiger partial charge in [-0.25, -0.2) is 4.79 Å². The van der Waals surface area contributed by atoms with Crippen LogP contribution in [-0.2, 0) is 17.9 Å². The van der Waals surface area contributed by atoms with Crippen LogP contribution in [0.4, 0.5) is 5.95 Å².